The van der Waals surface area contributed by atoms with E-state index in [2.05, 4.69) is 19.9 Å². The van der Waals surface area contributed by atoms with Crippen LogP contribution < -0.4 is 10.2 Å². The van der Waals surface area contributed by atoms with Gasteiger partial charge in [-0.15, -0.1) is 5.10 Å². The number of nitrogens with one attached hydrogen (secondary N) is 1. The van der Waals surface area contributed by atoms with Gasteiger partial charge in [0, 0.05) is 27.8 Å². The highest BCUT2D eigenvalue weighted by Crippen LogP contribution is 2.30. The Labute approximate surface area is 177 Å². The number of hydrogen-bond acceptors (Lipinski definition) is 6. The van der Waals surface area contributed by atoms with Gasteiger partial charge in [0.15, 0.2) is 11.7 Å². The van der Waals surface area contributed by atoms with Crippen LogP contribution in [0.15, 0.2) is 54.0 Å². The highest BCUT2D eigenvalue weighted by atomic mass is 35.5. The van der Waals surface area contributed by atoms with Crippen molar-refractivity contribution in [1.29, 1.82) is 0 Å². The van der Waals surface area contributed by atoms with E-state index in [0.29, 0.717) is 16.4 Å². The fourth-order valence-corrected chi connectivity index (χ4v) is 3.36. The lowest BCUT2D eigenvalue weighted by atomic mass is 10.0. The number of carbonyl (C=O) groups excluding carboxylic acids is 2. The number of benzene rings is 1. The third-order valence-electron chi connectivity index (χ3n) is 3.86. The van der Waals surface area contributed by atoms with Crippen LogP contribution >= 0.6 is 23.1 Å². The van der Waals surface area contributed by atoms with E-state index in [9.17, 15) is 9.59 Å². The van der Waals surface area contributed by atoms with E-state index in [1.807, 2.05) is 20.8 Å². The lowest BCUT2D eigenvalue weighted by molar-refractivity contribution is -0.124. The monoisotopic (exact) mass is 429 g/mol. The number of amides is 2. The number of pyridine rings is 1. The molecular formula is C20H20ClN5O2S. The average molecular weight is 430 g/mol. The Morgan fingerprint density at radius 3 is 2.55 bits per heavy atom. The Morgan fingerprint density at radius 1 is 1.17 bits per heavy atom. The number of anilines is 1. The van der Waals surface area contributed by atoms with Crippen LogP contribution in [0.25, 0.3) is 0 Å². The Balaban J connectivity index is 2.16. The maximum atomic E-state index is 13.4. The van der Waals surface area contributed by atoms with Crippen molar-refractivity contribution >= 4 is 40.6 Å². The van der Waals surface area contributed by atoms with E-state index in [-0.39, 0.29) is 11.6 Å². The fourth-order valence-electron chi connectivity index (χ4n) is 2.75. The van der Waals surface area contributed by atoms with Gasteiger partial charge in [-0.05, 0) is 62.6 Å². The van der Waals surface area contributed by atoms with Crippen LogP contribution in [0, 0.1) is 0 Å². The van der Waals surface area contributed by atoms with Gasteiger partial charge in [0.2, 0.25) is 5.91 Å². The van der Waals surface area contributed by atoms with E-state index in [1.54, 1.807) is 48.7 Å². The zero-order valence-corrected chi connectivity index (χ0v) is 17.7. The summed E-state index contributed by atoms with van der Waals surface area (Å²) in [6, 6.07) is 10.9. The molecular weight excluding hydrogens is 410 g/mol. The molecule has 0 saturated heterocycles. The molecule has 150 valence electrons. The summed E-state index contributed by atoms with van der Waals surface area (Å²) in [6.45, 7) is 5.61. The number of nitrogens with zero attached hydrogens (tertiary/aromatic N) is 4. The molecule has 7 nitrogen and oxygen atoms in total. The highest BCUT2D eigenvalue weighted by molar-refractivity contribution is 7.03. The predicted molar refractivity (Wildman–Crippen MR) is 113 cm³/mol. The minimum Gasteiger partial charge on any atom is -0.349 e. The first-order valence-corrected chi connectivity index (χ1v) is 10.1. The second-order valence-corrected chi connectivity index (χ2v) is 8.39. The molecule has 1 aromatic carbocycles. The molecule has 2 heterocycles. The van der Waals surface area contributed by atoms with Crippen LogP contribution in [0.1, 0.15) is 43.0 Å². The van der Waals surface area contributed by atoms with E-state index in [0.717, 1.165) is 11.5 Å². The average Bonchev–Trinajstić information content (AvgIpc) is 3.19. The molecule has 2 amide bonds. The summed E-state index contributed by atoms with van der Waals surface area (Å²) >= 11 is 7.23. The van der Waals surface area contributed by atoms with Crippen LogP contribution in [0.5, 0.6) is 0 Å². The molecule has 0 aliphatic rings. The summed E-state index contributed by atoms with van der Waals surface area (Å²) in [5, 5.41) is 8.81. The number of hydrogen-bond donors (Lipinski definition) is 1. The fraction of sp³-hybridized carbons (Fsp3) is 0.250. The summed E-state index contributed by atoms with van der Waals surface area (Å²) in [6.07, 6.45) is 1.58. The van der Waals surface area contributed by atoms with Crippen LogP contribution in [-0.2, 0) is 4.79 Å². The van der Waals surface area contributed by atoms with E-state index in [4.69, 9.17) is 11.6 Å². The summed E-state index contributed by atoms with van der Waals surface area (Å²) in [5.41, 5.74) is 0.510. The number of carbonyl (C=O) groups is 2. The summed E-state index contributed by atoms with van der Waals surface area (Å²) < 4.78 is 3.78. The zero-order valence-electron chi connectivity index (χ0n) is 16.2. The molecule has 2 aromatic heterocycles. The Kier molecular flexibility index (Phi) is 6.24. The van der Waals surface area contributed by atoms with Crippen molar-refractivity contribution in [3.8, 4) is 0 Å². The van der Waals surface area contributed by atoms with Crippen molar-refractivity contribution < 1.29 is 9.59 Å². The minimum absolute atomic E-state index is 0.138. The molecule has 0 spiro atoms. The van der Waals surface area contributed by atoms with Crippen molar-refractivity contribution in [2.45, 2.75) is 32.4 Å². The topological polar surface area (TPSA) is 88.1 Å². The molecule has 0 radical (unpaired) electrons. The molecule has 29 heavy (non-hydrogen) atoms. The molecule has 1 N–H and O–H groups in total. The lowest BCUT2D eigenvalue weighted by Crippen LogP contribution is -2.49. The first kappa shape index (κ1) is 20.9. The molecule has 3 rings (SSSR count). The second kappa shape index (κ2) is 8.67. The van der Waals surface area contributed by atoms with Gasteiger partial charge >= 0.3 is 0 Å². The highest BCUT2D eigenvalue weighted by Gasteiger charge is 2.36. The summed E-state index contributed by atoms with van der Waals surface area (Å²) in [5.74, 6) is -0.839. The predicted octanol–water partition coefficient (Wildman–Crippen LogP) is 3.89. The first-order chi connectivity index (χ1) is 13.8. The molecule has 1 unspecified atom stereocenters. The van der Waals surface area contributed by atoms with Crippen molar-refractivity contribution in [3.63, 3.8) is 0 Å². The van der Waals surface area contributed by atoms with Gasteiger partial charge in [-0.3, -0.25) is 19.5 Å². The van der Waals surface area contributed by atoms with Gasteiger partial charge in [-0.1, -0.05) is 28.2 Å². The standard InChI is InChI=1S/C20H20ClN5O2S/c1-20(2,3)23-18(27)17(15-9-4-5-10-22-15)26(14-8-6-7-13(21)11-14)19(28)16-12-29-25-24-16/h4-12,17H,1-3H3,(H,23,27). The summed E-state index contributed by atoms with van der Waals surface area (Å²) in [4.78, 5) is 32.4. The minimum atomic E-state index is -1.02. The molecule has 9 heteroatoms. The Morgan fingerprint density at radius 2 is 1.97 bits per heavy atom. The molecule has 0 fully saturated rings. The van der Waals surface area contributed by atoms with E-state index >= 15 is 0 Å². The molecule has 0 saturated carbocycles. The maximum absolute atomic E-state index is 13.4. The smallest absolute Gasteiger partial charge is 0.280 e. The third-order valence-corrected chi connectivity index (χ3v) is 4.60. The normalized spacial score (nSPS) is 12.3. The van der Waals surface area contributed by atoms with Gasteiger partial charge in [-0.25, -0.2) is 0 Å². The van der Waals surface area contributed by atoms with E-state index < -0.39 is 17.5 Å². The second-order valence-electron chi connectivity index (χ2n) is 7.34. The molecule has 0 bridgehead atoms. The largest absolute Gasteiger partial charge is 0.349 e. The Hall–Kier alpha value is -2.84. The molecule has 3 aromatic rings. The van der Waals surface area contributed by atoms with Gasteiger partial charge in [0.25, 0.3) is 5.91 Å². The number of halogens is 1. The number of rotatable bonds is 5. The van der Waals surface area contributed by atoms with E-state index in [1.165, 1.54) is 10.3 Å². The van der Waals surface area contributed by atoms with Gasteiger partial charge < -0.3 is 5.32 Å². The van der Waals surface area contributed by atoms with Gasteiger partial charge in [-0.2, -0.15) is 0 Å². The Bertz CT molecular complexity index is 990. The van der Waals surface area contributed by atoms with Crippen LogP contribution in [0.2, 0.25) is 5.02 Å². The lowest BCUT2D eigenvalue weighted by Gasteiger charge is -2.32. The summed E-state index contributed by atoms with van der Waals surface area (Å²) in [7, 11) is 0. The number of aromatic nitrogens is 3. The quantitative estimate of drug-likeness (QED) is 0.664. The van der Waals surface area contributed by atoms with Crippen molar-refractivity contribution in [2.75, 3.05) is 4.90 Å². The van der Waals surface area contributed by atoms with Crippen molar-refractivity contribution in [1.82, 2.24) is 19.9 Å². The van der Waals surface area contributed by atoms with Crippen LogP contribution in [0.3, 0.4) is 0 Å². The first-order valence-electron chi connectivity index (χ1n) is 8.85. The SMILES string of the molecule is CC(C)(C)NC(=O)C(c1ccccn1)N(C(=O)c1csnn1)c1cccc(Cl)c1. The molecule has 0 aliphatic carbocycles. The van der Waals surface area contributed by atoms with Crippen LogP contribution in [0.4, 0.5) is 5.69 Å². The maximum Gasteiger partial charge on any atom is 0.280 e. The third kappa shape index (κ3) is 5.16. The molecule has 1 atom stereocenters. The molecule has 0 aliphatic heterocycles. The van der Waals surface area contributed by atoms with Crippen molar-refractivity contribution in [3.05, 3.63) is 70.5 Å². The van der Waals surface area contributed by atoms with Crippen molar-refractivity contribution in [2.24, 2.45) is 0 Å². The van der Waals surface area contributed by atoms with Gasteiger partial charge in [0.1, 0.15) is 0 Å². The van der Waals surface area contributed by atoms with Crippen LogP contribution in [-0.4, -0.2) is 31.9 Å². The zero-order chi connectivity index (χ0) is 21.0. The van der Waals surface area contributed by atoms with Gasteiger partial charge in [0.05, 0.1) is 5.69 Å².